The molecule has 4 nitrogen and oxygen atoms in total. The second-order valence-electron chi connectivity index (χ2n) is 5.40. The molecule has 0 saturated heterocycles. The number of ether oxygens (including phenoxy) is 2. The quantitative estimate of drug-likeness (QED) is 0.561. The molecule has 1 unspecified atom stereocenters. The Balaban J connectivity index is 2.30. The van der Waals surface area contributed by atoms with E-state index >= 15 is 0 Å². The van der Waals surface area contributed by atoms with E-state index in [9.17, 15) is 4.79 Å². The largest absolute Gasteiger partial charge is 0.493 e. The summed E-state index contributed by atoms with van der Waals surface area (Å²) in [5.74, 6) is 0.614. The minimum atomic E-state index is -0.905. The third kappa shape index (κ3) is 5.76. The van der Waals surface area contributed by atoms with E-state index in [1.165, 1.54) is 5.56 Å². The Kier molecular flexibility index (Phi) is 7.23. The Hall–Kier alpha value is -1.55. The molecule has 0 radical (unpaired) electrons. The summed E-state index contributed by atoms with van der Waals surface area (Å²) >= 11 is 0. The fourth-order valence-electron chi connectivity index (χ4n) is 2.11. The van der Waals surface area contributed by atoms with Gasteiger partial charge in [0, 0.05) is 0 Å². The number of para-hydroxylation sites is 1. The number of hydrogen-bond acceptors (Lipinski definition) is 4. The first-order valence-electron chi connectivity index (χ1n) is 7.68. The third-order valence-corrected chi connectivity index (χ3v) is 3.44. The van der Waals surface area contributed by atoms with Gasteiger partial charge in [0.25, 0.3) is 0 Å². The summed E-state index contributed by atoms with van der Waals surface area (Å²) in [5, 5.41) is 0. The zero-order valence-electron chi connectivity index (χ0n) is 13.4. The maximum Gasteiger partial charge on any atom is 0.325 e. The van der Waals surface area contributed by atoms with Crippen LogP contribution in [0.3, 0.4) is 0 Å². The van der Waals surface area contributed by atoms with Crippen LogP contribution in [-0.2, 0) is 16.0 Å². The van der Waals surface area contributed by atoms with Gasteiger partial charge in [-0.2, -0.15) is 0 Å². The molecule has 1 rings (SSSR count). The van der Waals surface area contributed by atoms with E-state index in [4.69, 9.17) is 15.2 Å². The molecular formula is C17H27NO3. The van der Waals surface area contributed by atoms with Gasteiger partial charge in [-0.1, -0.05) is 25.1 Å². The molecule has 118 valence electrons. The Morgan fingerprint density at radius 3 is 2.62 bits per heavy atom. The van der Waals surface area contributed by atoms with Gasteiger partial charge in [0.15, 0.2) is 0 Å². The number of carbonyl (C=O) groups excluding carboxylic acids is 1. The molecule has 4 heteroatoms. The summed E-state index contributed by atoms with van der Waals surface area (Å²) in [5.41, 5.74) is 6.28. The lowest BCUT2D eigenvalue weighted by atomic mass is 9.96. The van der Waals surface area contributed by atoms with Crippen LogP contribution in [0.25, 0.3) is 0 Å². The molecule has 0 aliphatic rings. The number of aryl methyl sites for hydroxylation is 1. The first kappa shape index (κ1) is 17.5. The molecule has 0 spiro atoms. The van der Waals surface area contributed by atoms with E-state index in [2.05, 4.69) is 13.0 Å². The van der Waals surface area contributed by atoms with Crippen LogP contribution in [0, 0.1) is 0 Å². The topological polar surface area (TPSA) is 61.5 Å². The molecule has 1 aromatic carbocycles. The molecule has 1 atom stereocenters. The molecule has 0 heterocycles. The van der Waals surface area contributed by atoms with Crippen molar-refractivity contribution in [2.45, 2.75) is 52.0 Å². The number of carbonyl (C=O) groups is 1. The van der Waals surface area contributed by atoms with Crippen molar-refractivity contribution in [2.75, 3.05) is 13.2 Å². The van der Waals surface area contributed by atoms with Crippen molar-refractivity contribution >= 4 is 5.97 Å². The highest BCUT2D eigenvalue weighted by Crippen LogP contribution is 2.19. The highest BCUT2D eigenvalue weighted by Gasteiger charge is 2.28. The summed E-state index contributed by atoms with van der Waals surface area (Å²) in [6.45, 7) is 6.62. The van der Waals surface area contributed by atoms with Gasteiger partial charge in [0.2, 0.25) is 0 Å². The average molecular weight is 293 g/mol. The Labute approximate surface area is 127 Å². The first-order chi connectivity index (χ1) is 10.0. The van der Waals surface area contributed by atoms with Crippen molar-refractivity contribution in [2.24, 2.45) is 5.73 Å². The number of unbranched alkanes of at least 4 members (excludes halogenated alkanes) is 1. The van der Waals surface area contributed by atoms with Crippen molar-refractivity contribution in [1.82, 2.24) is 0 Å². The van der Waals surface area contributed by atoms with Crippen molar-refractivity contribution in [1.29, 1.82) is 0 Å². The Morgan fingerprint density at radius 1 is 1.24 bits per heavy atom. The van der Waals surface area contributed by atoms with Crippen molar-refractivity contribution in [3.8, 4) is 5.75 Å². The van der Waals surface area contributed by atoms with Crippen molar-refractivity contribution < 1.29 is 14.3 Å². The monoisotopic (exact) mass is 293 g/mol. The van der Waals surface area contributed by atoms with Crippen LogP contribution in [0.5, 0.6) is 5.75 Å². The standard InChI is InChI=1S/C17H27NO3/c1-4-14-10-6-7-11-15(14)21-13-9-8-12-17(3,18)16(19)20-5-2/h6-7,10-11H,4-5,8-9,12-13,18H2,1-3H3. The fourth-order valence-corrected chi connectivity index (χ4v) is 2.11. The summed E-state index contributed by atoms with van der Waals surface area (Å²) in [4.78, 5) is 11.7. The number of benzene rings is 1. The maximum atomic E-state index is 11.7. The molecule has 2 N–H and O–H groups in total. The molecular weight excluding hydrogens is 266 g/mol. The Morgan fingerprint density at radius 2 is 1.95 bits per heavy atom. The number of nitrogens with two attached hydrogens (primary N) is 1. The van der Waals surface area contributed by atoms with Crippen LogP contribution >= 0.6 is 0 Å². The minimum absolute atomic E-state index is 0.331. The smallest absolute Gasteiger partial charge is 0.325 e. The first-order valence-corrected chi connectivity index (χ1v) is 7.68. The molecule has 0 saturated carbocycles. The number of rotatable bonds is 9. The molecule has 0 bridgehead atoms. The second-order valence-corrected chi connectivity index (χ2v) is 5.40. The van der Waals surface area contributed by atoms with Gasteiger partial charge in [-0.15, -0.1) is 0 Å². The summed E-state index contributed by atoms with van der Waals surface area (Å²) in [7, 11) is 0. The summed E-state index contributed by atoms with van der Waals surface area (Å²) in [6, 6.07) is 8.06. The van der Waals surface area contributed by atoms with Gasteiger partial charge in [-0.25, -0.2) is 0 Å². The van der Waals surface area contributed by atoms with E-state index in [-0.39, 0.29) is 5.97 Å². The normalized spacial score (nSPS) is 13.5. The van der Waals surface area contributed by atoms with Crippen LogP contribution in [0.4, 0.5) is 0 Å². The van der Waals surface area contributed by atoms with Crippen LogP contribution < -0.4 is 10.5 Å². The van der Waals surface area contributed by atoms with Crippen molar-refractivity contribution in [3.63, 3.8) is 0 Å². The minimum Gasteiger partial charge on any atom is -0.493 e. The molecule has 1 aromatic rings. The van der Waals surface area contributed by atoms with Crippen LogP contribution in [0.15, 0.2) is 24.3 Å². The predicted molar refractivity (Wildman–Crippen MR) is 84.4 cm³/mol. The molecule has 0 aliphatic carbocycles. The Bertz CT molecular complexity index is 443. The third-order valence-electron chi connectivity index (χ3n) is 3.44. The highest BCUT2D eigenvalue weighted by atomic mass is 16.5. The van der Waals surface area contributed by atoms with Crippen LogP contribution in [0.2, 0.25) is 0 Å². The predicted octanol–water partition coefficient (Wildman–Crippen LogP) is 3.08. The number of hydrogen-bond donors (Lipinski definition) is 1. The average Bonchev–Trinajstić information content (AvgIpc) is 2.47. The maximum absolute atomic E-state index is 11.7. The van der Waals surface area contributed by atoms with Gasteiger partial charge in [0.05, 0.1) is 13.2 Å². The van der Waals surface area contributed by atoms with Gasteiger partial charge in [0.1, 0.15) is 11.3 Å². The fraction of sp³-hybridized carbons (Fsp3) is 0.588. The van der Waals surface area contributed by atoms with E-state index in [0.29, 0.717) is 19.6 Å². The molecule has 0 aliphatic heterocycles. The van der Waals surface area contributed by atoms with Gasteiger partial charge in [-0.05, 0) is 51.2 Å². The second kappa shape index (κ2) is 8.67. The molecule has 21 heavy (non-hydrogen) atoms. The van der Waals surface area contributed by atoms with E-state index < -0.39 is 5.54 Å². The lowest BCUT2D eigenvalue weighted by molar-refractivity contribution is -0.149. The van der Waals surface area contributed by atoms with E-state index in [1.807, 2.05) is 18.2 Å². The van der Waals surface area contributed by atoms with Crippen LogP contribution in [-0.4, -0.2) is 24.7 Å². The summed E-state index contributed by atoms with van der Waals surface area (Å²) < 4.78 is 10.8. The van der Waals surface area contributed by atoms with Gasteiger partial charge >= 0.3 is 5.97 Å². The van der Waals surface area contributed by atoms with E-state index in [1.54, 1.807) is 13.8 Å². The lowest BCUT2D eigenvalue weighted by Crippen LogP contribution is -2.46. The van der Waals surface area contributed by atoms with Gasteiger partial charge in [-0.3, -0.25) is 4.79 Å². The van der Waals surface area contributed by atoms with Crippen molar-refractivity contribution in [3.05, 3.63) is 29.8 Å². The SMILES string of the molecule is CCOC(=O)C(C)(N)CCCCOc1ccccc1CC. The summed E-state index contributed by atoms with van der Waals surface area (Å²) in [6.07, 6.45) is 3.26. The van der Waals surface area contributed by atoms with E-state index in [0.717, 1.165) is 25.0 Å². The molecule has 0 fully saturated rings. The zero-order chi connectivity index (χ0) is 15.7. The zero-order valence-corrected chi connectivity index (χ0v) is 13.4. The lowest BCUT2D eigenvalue weighted by Gasteiger charge is -2.22. The van der Waals surface area contributed by atoms with Gasteiger partial charge < -0.3 is 15.2 Å². The molecule has 0 aromatic heterocycles. The molecule has 0 amide bonds. The number of esters is 1. The highest BCUT2D eigenvalue weighted by molar-refractivity contribution is 5.79. The van der Waals surface area contributed by atoms with Crippen LogP contribution in [0.1, 0.15) is 45.6 Å².